The second kappa shape index (κ2) is 22.7. The monoisotopic (exact) mass is 624 g/mol. The standard InChI is InChI=1S/C18H24N2.C9H12.C9H11.C2H4.Y/c1-7-18(19)16(5)20(6)15(4)12-14(3)17-11-9-8-10-13(17)2;1-3-9-6-4-8(2)5-7-9;1-3-9-6-4-5-8(2)7-9;1-2;/h7-12H,1,3,19H2,2,4-6H3;4-7H,3H2,1-2H3;4-5,7H,3H2,1-2H3;1-2H2;/q;;-1;;/b15-12-,18-16+;;;;. The molecule has 0 unspecified atom stereocenters. The van der Waals surface area contributed by atoms with Crippen LogP contribution in [0.25, 0.3) is 5.57 Å². The van der Waals surface area contributed by atoms with Crippen molar-refractivity contribution in [1.29, 1.82) is 0 Å². The van der Waals surface area contributed by atoms with Crippen molar-refractivity contribution < 1.29 is 32.7 Å². The molecule has 0 spiro atoms. The van der Waals surface area contributed by atoms with Gasteiger partial charge in [-0.25, -0.2) is 0 Å². The second-order valence-electron chi connectivity index (χ2n) is 9.51. The van der Waals surface area contributed by atoms with Gasteiger partial charge in [0.25, 0.3) is 0 Å². The van der Waals surface area contributed by atoms with Gasteiger partial charge in [0, 0.05) is 51.2 Å². The number of benzene rings is 3. The van der Waals surface area contributed by atoms with Gasteiger partial charge in [-0.05, 0) is 68.5 Å². The van der Waals surface area contributed by atoms with Gasteiger partial charge in [-0.15, -0.1) is 13.2 Å². The molecule has 2 N–H and O–H groups in total. The number of allylic oxidation sites excluding steroid dienone is 5. The van der Waals surface area contributed by atoms with Gasteiger partial charge in [0.05, 0.1) is 5.70 Å². The summed E-state index contributed by atoms with van der Waals surface area (Å²) in [5, 5.41) is 0. The van der Waals surface area contributed by atoms with Crippen LogP contribution in [0.15, 0.2) is 122 Å². The molecule has 0 aliphatic carbocycles. The summed E-state index contributed by atoms with van der Waals surface area (Å²) in [6.07, 6.45) is 5.96. The summed E-state index contributed by atoms with van der Waals surface area (Å²) >= 11 is 0. The fraction of sp³-hybridized carbons (Fsp3) is 0.263. The molecule has 3 aromatic carbocycles. The maximum Gasteiger partial charge on any atom is 0.0503 e. The number of nitrogens with two attached hydrogens (primary N) is 1. The van der Waals surface area contributed by atoms with Gasteiger partial charge in [-0.2, -0.15) is 35.4 Å². The zero-order chi connectivity index (χ0) is 30.7. The molecule has 3 heteroatoms. The van der Waals surface area contributed by atoms with Crippen molar-refractivity contribution in [1.82, 2.24) is 4.90 Å². The molecule has 3 rings (SSSR count). The van der Waals surface area contributed by atoms with Gasteiger partial charge in [-0.1, -0.05) is 94.4 Å². The Balaban J connectivity index is 0. The van der Waals surface area contributed by atoms with E-state index >= 15 is 0 Å². The first-order valence-electron chi connectivity index (χ1n) is 13.8. The summed E-state index contributed by atoms with van der Waals surface area (Å²) in [6.45, 7) is 28.5. The molecule has 3 aromatic rings. The Morgan fingerprint density at radius 1 is 0.902 bits per heavy atom. The molecule has 2 nitrogen and oxygen atoms in total. The van der Waals surface area contributed by atoms with E-state index in [2.05, 4.69) is 122 Å². The van der Waals surface area contributed by atoms with Crippen molar-refractivity contribution in [3.8, 4) is 0 Å². The van der Waals surface area contributed by atoms with Gasteiger partial charge in [0.1, 0.15) is 0 Å². The van der Waals surface area contributed by atoms with Gasteiger partial charge in [-0.3, -0.25) is 0 Å². The minimum absolute atomic E-state index is 0. The SMILES string of the molecule is C=C.C=C/C(N)=C(/C)N(C)/C(C)=C\C(=C)c1ccccc1C.CCc1[c-]ccc(C)c1.CCc1ccc(C)cc1.[Y]. The Kier molecular flexibility index (Phi) is 22.3. The molecule has 1 radical (unpaired) electrons. The summed E-state index contributed by atoms with van der Waals surface area (Å²) in [5.74, 6) is 0. The van der Waals surface area contributed by atoms with E-state index in [4.69, 9.17) is 5.73 Å². The summed E-state index contributed by atoms with van der Waals surface area (Å²) in [7, 11) is 1.99. The van der Waals surface area contributed by atoms with Crippen molar-refractivity contribution in [2.75, 3.05) is 7.05 Å². The molecular weight excluding hydrogens is 573 g/mol. The predicted octanol–water partition coefficient (Wildman–Crippen LogP) is 9.93. The van der Waals surface area contributed by atoms with Crippen LogP contribution in [0.3, 0.4) is 0 Å². The normalized spacial score (nSPS) is 10.5. The zero-order valence-corrected chi connectivity index (χ0v) is 29.7. The smallest absolute Gasteiger partial charge is 0.0503 e. The Labute approximate surface area is 277 Å². The summed E-state index contributed by atoms with van der Waals surface area (Å²) in [5.41, 5.74) is 17.4. The van der Waals surface area contributed by atoms with Crippen LogP contribution in [0.5, 0.6) is 0 Å². The Morgan fingerprint density at radius 3 is 1.95 bits per heavy atom. The average Bonchev–Trinajstić information content (AvgIpc) is 2.98. The predicted molar refractivity (Wildman–Crippen MR) is 180 cm³/mol. The third-order valence-electron chi connectivity index (χ3n) is 6.47. The number of hydrogen-bond donors (Lipinski definition) is 1. The first-order valence-corrected chi connectivity index (χ1v) is 13.8. The van der Waals surface area contributed by atoms with Crippen LogP contribution < -0.4 is 5.73 Å². The van der Waals surface area contributed by atoms with E-state index in [9.17, 15) is 0 Å². The zero-order valence-electron chi connectivity index (χ0n) is 26.9. The van der Waals surface area contributed by atoms with E-state index in [1.54, 1.807) is 6.08 Å². The number of hydrogen-bond acceptors (Lipinski definition) is 2. The van der Waals surface area contributed by atoms with Crippen molar-refractivity contribution in [3.63, 3.8) is 0 Å². The number of aryl methyl sites for hydroxylation is 5. The molecule has 217 valence electrons. The first kappa shape index (κ1) is 40.2. The van der Waals surface area contributed by atoms with Gasteiger partial charge in [0.15, 0.2) is 0 Å². The van der Waals surface area contributed by atoms with Crippen molar-refractivity contribution >= 4 is 5.57 Å². The number of rotatable bonds is 7. The minimum Gasteiger partial charge on any atom is -0.397 e. The van der Waals surface area contributed by atoms with E-state index in [0.29, 0.717) is 5.70 Å². The summed E-state index contributed by atoms with van der Waals surface area (Å²) in [6, 6.07) is 26.3. The third kappa shape index (κ3) is 15.6. The molecule has 0 atom stereocenters. The Hall–Kier alpha value is -2.94. The van der Waals surface area contributed by atoms with Crippen molar-refractivity contribution in [3.05, 3.63) is 162 Å². The molecule has 0 fully saturated rings. The molecule has 0 heterocycles. The van der Waals surface area contributed by atoms with E-state index in [1.807, 2.05) is 44.0 Å². The van der Waals surface area contributed by atoms with Gasteiger partial charge in [0.2, 0.25) is 0 Å². The quantitative estimate of drug-likeness (QED) is 0.161. The molecule has 0 bridgehead atoms. The average molecular weight is 625 g/mol. The van der Waals surface area contributed by atoms with Crippen LogP contribution in [0.1, 0.15) is 61.1 Å². The molecule has 0 aliphatic rings. The number of nitrogens with zero attached hydrogens (tertiary/aromatic N) is 1. The van der Waals surface area contributed by atoms with E-state index < -0.39 is 0 Å². The van der Waals surface area contributed by atoms with Crippen molar-refractivity contribution in [2.24, 2.45) is 5.73 Å². The van der Waals surface area contributed by atoms with Crippen molar-refractivity contribution in [2.45, 2.75) is 61.3 Å². The van der Waals surface area contributed by atoms with Crippen LogP contribution >= 0.6 is 0 Å². The van der Waals surface area contributed by atoms with E-state index in [-0.39, 0.29) is 32.7 Å². The maximum absolute atomic E-state index is 5.89. The minimum atomic E-state index is 0. The molecule has 41 heavy (non-hydrogen) atoms. The van der Waals surface area contributed by atoms with Gasteiger partial charge < -0.3 is 10.6 Å². The Morgan fingerprint density at radius 2 is 1.49 bits per heavy atom. The molecule has 0 aromatic heterocycles. The van der Waals surface area contributed by atoms with E-state index in [0.717, 1.165) is 29.8 Å². The topological polar surface area (TPSA) is 29.3 Å². The van der Waals surface area contributed by atoms with Crippen LogP contribution in [0, 0.1) is 26.8 Å². The second-order valence-corrected chi connectivity index (χ2v) is 9.51. The molecule has 0 aliphatic heterocycles. The van der Waals surface area contributed by atoms with E-state index in [1.165, 1.54) is 33.4 Å². The summed E-state index contributed by atoms with van der Waals surface area (Å²) < 4.78 is 0. The molecule has 0 amide bonds. The molecule has 0 saturated heterocycles. The van der Waals surface area contributed by atoms with Crippen LogP contribution in [0.2, 0.25) is 0 Å². The largest absolute Gasteiger partial charge is 0.397 e. The maximum atomic E-state index is 5.89. The first-order chi connectivity index (χ1) is 19.0. The fourth-order valence-electron chi connectivity index (χ4n) is 3.64. The Bertz CT molecular complexity index is 1250. The third-order valence-corrected chi connectivity index (χ3v) is 6.47. The summed E-state index contributed by atoms with van der Waals surface area (Å²) in [4.78, 5) is 2.04. The van der Waals surface area contributed by atoms with Crippen LogP contribution in [-0.4, -0.2) is 11.9 Å². The molecular formula is C38H51N2Y-. The van der Waals surface area contributed by atoms with Gasteiger partial charge >= 0.3 is 0 Å². The molecule has 0 saturated carbocycles. The van der Waals surface area contributed by atoms with Crippen LogP contribution in [-0.2, 0) is 45.6 Å². The van der Waals surface area contributed by atoms with Crippen LogP contribution in [0.4, 0.5) is 0 Å². The fourth-order valence-corrected chi connectivity index (χ4v) is 3.64.